The Kier molecular flexibility index (Phi) is 5.19. The Morgan fingerprint density at radius 2 is 2.37 bits per heavy atom. The number of methoxy groups -OCH3 is 1. The number of anilines is 1. The van der Waals surface area contributed by atoms with Crippen LogP contribution in [0.2, 0.25) is 0 Å². The van der Waals surface area contributed by atoms with Gasteiger partial charge in [-0.3, -0.25) is 0 Å². The fourth-order valence-electron chi connectivity index (χ4n) is 2.54. The van der Waals surface area contributed by atoms with E-state index in [0.717, 1.165) is 24.7 Å². The van der Waals surface area contributed by atoms with Gasteiger partial charge in [0.1, 0.15) is 0 Å². The molecule has 1 aromatic rings. The van der Waals surface area contributed by atoms with E-state index in [1.165, 1.54) is 23.4 Å². The maximum Gasteiger partial charge on any atom is 0.185 e. The van der Waals surface area contributed by atoms with Crippen LogP contribution in [0.5, 0.6) is 0 Å². The second kappa shape index (κ2) is 6.68. The van der Waals surface area contributed by atoms with Crippen LogP contribution in [0.3, 0.4) is 0 Å². The molecular formula is C14H25N3OS. The van der Waals surface area contributed by atoms with Crippen molar-refractivity contribution in [2.75, 3.05) is 32.2 Å². The van der Waals surface area contributed by atoms with Gasteiger partial charge in [0.15, 0.2) is 5.13 Å². The first-order valence-electron chi connectivity index (χ1n) is 7.12. The smallest absolute Gasteiger partial charge is 0.185 e. The predicted octanol–water partition coefficient (Wildman–Crippen LogP) is 2.60. The summed E-state index contributed by atoms with van der Waals surface area (Å²) in [5.41, 5.74) is 1.30. The third-order valence-electron chi connectivity index (χ3n) is 3.76. The molecule has 0 aromatic carbocycles. The van der Waals surface area contributed by atoms with Gasteiger partial charge in [-0.05, 0) is 32.7 Å². The number of rotatable bonds is 6. The lowest BCUT2D eigenvalue weighted by Gasteiger charge is -2.23. The average molecular weight is 283 g/mol. The van der Waals surface area contributed by atoms with Crippen LogP contribution in [0.25, 0.3) is 0 Å². The van der Waals surface area contributed by atoms with Gasteiger partial charge in [0.25, 0.3) is 0 Å². The van der Waals surface area contributed by atoms with E-state index in [1.54, 1.807) is 7.11 Å². The highest BCUT2D eigenvalue weighted by Crippen LogP contribution is 2.37. The van der Waals surface area contributed by atoms with E-state index in [9.17, 15) is 0 Å². The quantitative estimate of drug-likeness (QED) is 0.871. The maximum absolute atomic E-state index is 5.23. The zero-order chi connectivity index (χ0) is 13.8. The molecule has 0 radical (unpaired) electrons. The summed E-state index contributed by atoms with van der Waals surface area (Å²) in [6.07, 6.45) is 3.60. The number of aryl methyl sites for hydroxylation is 1. The molecule has 0 spiro atoms. The molecule has 1 aliphatic carbocycles. The van der Waals surface area contributed by atoms with Crippen molar-refractivity contribution >= 4 is 16.5 Å². The molecule has 19 heavy (non-hydrogen) atoms. The van der Waals surface area contributed by atoms with E-state index in [2.05, 4.69) is 31.1 Å². The highest BCUT2D eigenvalue weighted by Gasteiger charge is 2.25. The molecule has 108 valence electrons. The van der Waals surface area contributed by atoms with Gasteiger partial charge in [0.2, 0.25) is 0 Å². The first-order chi connectivity index (χ1) is 9.17. The number of likely N-dealkylation sites (N-methyl/N-ethyl adjacent to an activating group) is 1. The number of hydrogen-bond acceptors (Lipinski definition) is 5. The van der Waals surface area contributed by atoms with Crippen molar-refractivity contribution in [1.29, 1.82) is 0 Å². The summed E-state index contributed by atoms with van der Waals surface area (Å²) in [6, 6.07) is 0.862. The molecule has 5 heteroatoms. The zero-order valence-electron chi connectivity index (χ0n) is 12.4. The molecular weight excluding hydrogens is 258 g/mol. The fraction of sp³-hybridized carbons (Fsp3) is 0.786. The van der Waals surface area contributed by atoms with E-state index in [0.29, 0.717) is 12.1 Å². The van der Waals surface area contributed by atoms with Gasteiger partial charge in [-0.2, -0.15) is 0 Å². The topological polar surface area (TPSA) is 37.4 Å². The number of ether oxygens (including phenoxy) is 1. The SMILES string of the molecule is CCNC1CCCc2nc(N(C)C(C)COC)sc21. The Balaban J connectivity index is 2.16. The molecule has 1 aliphatic rings. The zero-order valence-corrected chi connectivity index (χ0v) is 13.2. The van der Waals surface area contributed by atoms with Gasteiger partial charge in [-0.15, -0.1) is 0 Å². The van der Waals surface area contributed by atoms with Crippen LogP contribution in [-0.2, 0) is 11.2 Å². The number of nitrogens with zero attached hydrogens (tertiary/aromatic N) is 2. The molecule has 0 fully saturated rings. The van der Waals surface area contributed by atoms with Gasteiger partial charge < -0.3 is 15.0 Å². The molecule has 0 amide bonds. The summed E-state index contributed by atoms with van der Waals surface area (Å²) in [7, 11) is 3.86. The highest BCUT2D eigenvalue weighted by molar-refractivity contribution is 7.15. The standard InChI is InChI=1S/C14H25N3OS/c1-5-15-11-7-6-8-12-13(11)19-14(16-12)17(3)10(2)9-18-4/h10-11,15H,5-9H2,1-4H3. The van der Waals surface area contributed by atoms with E-state index in [1.807, 2.05) is 11.3 Å². The third-order valence-corrected chi connectivity index (χ3v) is 5.06. The summed E-state index contributed by atoms with van der Waals surface area (Å²) in [6.45, 7) is 6.10. The van der Waals surface area contributed by atoms with E-state index in [4.69, 9.17) is 9.72 Å². The minimum atomic E-state index is 0.357. The molecule has 4 nitrogen and oxygen atoms in total. The number of hydrogen-bond donors (Lipinski definition) is 1. The van der Waals surface area contributed by atoms with E-state index < -0.39 is 0 Å². The first-order valence-corrected chi connectivity index (χ1v) is 7.93. The van der Waals surface area contributed by atoms with Gasteiger partial charge in [0.05, 0.1) is 18.3 Å². The van der Waals surface area contributed by atoms with Crippen LogP contribution in [0, 0.1) is 0 Å². The second-order valence-electron chi connectivity index (χ2n) is 5.23. The van der Waals surface area contributed by atoms with Crippen LogP contribution < -0.4 is 10.2 Å². The Labute approximate surface area is 120 Å². The van der Waals surface area contributed by atoms with Crippen LogP contribution in [0.1, 0.15) is 43.3 Å². The predicted molar refractivity (Wildman–Crippen MR) is 81.2 cm³/mol. The highest BCUT2D eigenvalue weighted by atomic mass is 32.1. The molecule has 1 aromatic heterocycles. The minimum absolute atomic E-state index is 0.357. The van der Waals surface area contributed by atoms with Crippen molar-refractivity contribution < 1.29 is 4.74 Å². The Morgan fingerprint density at radius 1 is 1.58 bits per heavy atom. The fourth-order valence-corrected chi connectivity index (χ4v) is 3.83. The second-order valence-corrected chi connectivity index (χ2v) is 6.23. The molecule has 2 atom stereocenters. The summed E-state index contributed by atoms with van der Waals surface area (Å²) in [5.74, 6) is 0. The number of nitrogens with one attached hydrogen (secondary N) is 1. The van der Waals surface area contributed by atoms with Gasteiger partial charge >= 0.3 is 0 Å². The Bertz CT molecular complexity index is 407. The van der Waals surface area contributed by atoms with Crippen LogP contribution in [0.4, 0.5) is 5.13 Å². The lowest BCUT2D eigenvalue weighted by atomic mass is 9.98. The molecule has 1 N–H and O–H groups in total. The summed E-state index contributed by atoms with van der Waals surface area (Å²) < 4.78 is 5.23. The lowest BCUT2D eigenvalue weighted by Crippen LogP contribution is -2.32. The van der Waals surface area contributed by atoms with Crippen LogP contribution in [0.15, 0.2) is 0 Å². The Morgan fingerprint density at radius 3 is 3.05 bits per heavy atom. The molecule has 0 saturated carbocycles. The minimum Gasteiger partial charge on any atom is -0.383 e. The number of thiazole rings is 1. The lowest BCUT2D eigenvalue weighted by molar-refractivity contribution is 0.183. The summed E-state index contributed by atoms with van der Waals surface area (Å²) >= 11 is 1.84. The molecule has 0 bridgehead atoms. The van der Waals surface area contributed by atoms with E-state index >= 15 is 0 Å². The van der Waals surface area contributed by atoms with Crippen molar-refractivity contribution in [3.05, 3.63) is 10.6 Å². The molecule has 0 aliphatic heterocycles. The summed E-state index contributed by atoms with van der Waals surface area (Å²) in [5, 5.41) is 4.70. The third kappa shape index (κ3) is 3.27. The monoisotopic (exact) mass is 283 g/mol. The molecule has 2 unspecified atom stereocenters. The average Bonchev–Trinajstić information content (AvgIpc) is 2.83. The number of aromatic nitrogens is 1. The van der Waals surface area contributed by atoms with Gasteiger partial charge in [-0.1, -0.05) is 18.3 Å². The van der Waals surface area contributed by atoms with Crippen molar-refractivity contribution in [2.24, 2.45) is 0 Å². The van der Waals surface area contributed by atoms with Crippen molar-refractivity contribution in [3.8, 4) is 0 Å². The first kappa shape index (κ1) is 14.8. The largest absolute Gasteiger partial charge is 0.383 e. The molecule has 2 rings (SSSR count). The van der Waals surface area contributed by atoms with Crippen LogP contribution >= 0.6 is 11.3 Å². The van der Waals surface area contributed by atoms with Crippen LogP contribution in [-0.4, -0.2) is 38.3 Å². The number of fused-ring (bicyclic) bond motifs is 1. The van der Waals surface area contributed by atoms with Crippen molar-refractivity contribution in [2.45, 2.75) is 45.2 Å². The molecule has 1 heterocycles. The summed E-state index contributed by atoms with van der Waals surface area (Å²) in [4.78, 5) is 8.51. The van der Waals surface area contributed by atoms with Crippen molar-refractivity contribution in [3.63, 3.8) is 0 Å². The van der Waals surface area contributed by atoms with Gasteiger partial charge in [0, 0.05) is 25.1 Å². The maximum atomic E-state index is 5.23. The van der Waals surface area contributed by atoms with Gasteiger partial charge in [-0.25, -0.2) is 4.98 Å². The molecule has 0 saturated heterocycles. The Hall–Kier alpha value is -0.650. The normalized spacial score (nSPS) is 20.1. The van der Waals surface area contributed by atoms with E-state index in [-0.39, 0.29) is 0 Å². The van der Waals surface area contributed by atoms with Crippen molar-refractivity contribution in [1.82, 2.24) is 10.3 Å².